The second-order valence-electron chi connectivity index (χ2n) is 3.82. The number of rotatable bonds is 2. The van der Waals surface area contributed by atoms with Gasteiger partial charge < -0.3 is 15.6 Å². The summed E-state index contributed by atoms with van der Waals surface area (Å²) in [5.41, 5.74) is 5.31. The van der Waals surface area contributed by atoms with E-state index in [-0.39, 0.29) is 16.0 Å². The van der Waals surface area contributed by atoms with Crippen LogP contribution in [0.3, 0.4) is 0 Å². The van der Waals surface area contributed by atoms with Gasteiger partial charge >= 0.3 is 0 Å². The van der Waals surface area contributed by atoms with Crippen LogP contribution in [-0.4, -0.2) is 12.2 Å². The van der Waals surface area contributed by atoms with Crippen LogP contribution in [-0.2, 0) is 5.54 Å². The molecule has 0 bridgehead atoms. The lowest BCUT2D eigenvalue weighted by atomic mass is 9.94. The van der Waals surface area contributed by atoms with Gasteiger partial charge in [0.15, 0.2) is 11.6 Å². The van der Waals surface area contributed by atoms with E-state index in [0.717, 1.165) is 0 Å². The number of methoxy groups -OCH3 is 1. The van der Waals surface area contributed by atoms with E-state index < -0.39 is 11.4 Å². The third-order valence-electron chi connectivity index (χ3n) is 2.05. The second-order valence-corrected chi connectivity index (χ2v) is 4.62. The number of nitrogens with two attached hydrogens (primary N) is 1. The summed E-state index contributed by atoms with van der Waals surface area (Å²) in [7, 11) is 1.33. The zero-order valence-electron chi connectivity index (χ0n) is 8.77. The highest BCUT2D eigenvalue weighted by Crippen LogP contribution is 2.41. The quantitative estimate of drug-likeness (QED) is 0.873. The molecular formula is C10H13BrFNO2. The number of benzene rings is 1. The van der Waals surface area contributed by atoms with Crippen molar-refractivity contribution < 1.29 is 14.2 Å². The van der Waals surface area contributed by atoms with Crippen molar-refractivity contribution in [1.82, 2.24) is 0 Å². The van der Waals surface area contributed by atoms with E-state index in [1.807, 2.05) is 0 Å². The maximum atomic E-state index is 13.5. The Hall–Kier alpha value is -0.810. The van der Waals surface area contributed by atoms with Crippen molar-refractivity contribution in [3.63, 3.8) is 0 Å². The van der Waals surface area contributed by atoms with Crippen molar-refractivity contribution >= 4 is 15.9 Å². The Bertz CT molecular complexity index is 388. The van der Waals surface area contributed by atoms with Crippen molar-refractivity contribution in [2.24, 2.45) is 5.73 Å². The number of phenols is 1. The summed E-state index contributed by atoms with van der Waals surface area (Å²) in [6.45, 7) is 3.36. The van der Waals surface area contributed by atoms with Crippen molar-refractivity contribution in [2.75, 3.05) is 7.11 Å². The molecule has 0 radical (unpaired) electrons. The number of halogens is 2. The van der Waals surface area contributed by atoms with Gasteiger partial charge in [-0.3, -0.25) is 0 Å². The standard InChI is InChI=1S/C10H13BrFNO2/c1-10(2,13)5-4-6(12)9(15-3)7(11)8(5)14/h4,14H,13H2,1-3H3. The molecule has 0 amide bonds. The molecule has 5 heteroatoms. The van der Waals surface area contributed by atoms with Gasteiger partial charge in [-0.25, -0.2) is 4.39 Å². The van der Waals surface area contributed by atoms with Crippen molar-refractivity contribution in [1.29, 1.82) is 0 Å². The SMILES string of the molecule is COc1c(F)cc(C(C)(C)N)c(O)c1Br. The lowest BCUT2D eigenvalue weighted by molar-refractivity contribution is 0.370. The predicted octanol–water partition coefficient (Wildman–Crippen LogP) is 2.50. The van der Waals surface area contributed by atoms with Gasteiger partial charge in [-0.05, 0) is 35.8 Å². The lowest BCUT2D eigenvalue weighted by Crippen LogP contribution is -2.29. The molecule has 0 aliphatic heterocycles. The third-order valence-corrected chi connectivity index (χ3v) is 2.78. The fraction of sp³-hybridized carbons (Fsp3) is 0.400. The monoisotopic (exact) mass is 277 g/mol. The number of ether oxygens (including phenoxy) is 1. The molecule has 15 heavy (non-hydrogen) atoms. The Morgan fingerprint density at radius 1 is 1.53 bits per heavy atom. The molecule has 0 saturated carbocycles. The largest absolute Gasteiger partial charge is 0.506 e. The second kappa shape index (κ2) is 3.98. The average molecular weight is 278 g/mol. The van der Waals surface area contributed by atoms with Gasteiger partial charge in [0.05, 0.1) is 7.11 Å². The first-order chi connectivity index (χ1) is 6.79. The molecule has 1 rings (SSSR count). The van der Waals surface area contributed by atoms with Crippen molar-refractivity contribution in [2.45, 2.75) is 19.4 Å². The first kappa shape index (κ1) is 12.3. The first-order valence-electron chi connectivity index (χ1n) is 4.33. The van der Waals surface area contributed by atoms with E-state index in [2.05, 4.69) is 15.9 Å². The Labute approximate surface area is 96.2 Å². The molecule has 0 unspecified atom stereocenters. The molecule has 0 heterocycles. The van der Waals surface area contributed by atoms with Gasteiger partial charge in [0, 0.05) is 11.1 Å². The number of aromatic hydroxyl groups is 1. The molecule has 3 nitrogen and oxygen atoms in total. The fourth-order valence-corrected chi connectivity index (χ4v) is 1.83. The minimum atomic E-state index is -0.820. The number of hydrogen-bond donors (Lipinski definition) is 2. The summed E-state index contributed by atoms with van der Waals surface area (Å²) in [5.74, 6) is -0.683. The maximum absolute atomic E-state index is 13.5. The Kier molecular flexibility index (Phi) is 3.25. The van der Waals surface area contributed by atoms with Crippen LogP contribution in [0.1, 0.15) is 19.4 Å². The molecule has 1 aromatic carbocycles. The lowest BCUT2D eigenvalue weighted by Gasteiger charge is -2.22. The Balaban J connectivity index is 3.48. The summed E-state index contributed by atoms with van der Waals surface area (Å²) in [6.07, 6.45) is 0. The highest BCUT2D eigenvalue weighted by molar-refractivity contribution is 9.10. The van der Waals surface area contributed by atoms with Crippen LogP contribution < -0.4 is 10.5 Å². The van der Waals surface area contributed by atoms with E-state index >= 15 is 0 Å². The summed E-state index contributed by atoms with van der Waals surface area (Å²) in [4.78, 5) is 0. The average Bonchev–Trinajstić information content (AvgIpc) is 2.10. The molecule has 0 aromatic heterocycles. The van der Waals surface area contributed by atoms with Gasteiger partial charge in [-0.2, -0.15) is 0 Å². The van der Waals surface area contributed by atoms with Crippen LogP contribution in [0.4, 0.5) is 4.39 Å². The normalized spacial score (nSPS) is 11.6. The summed E-state index contributed by atoms with van der Waals surface area (Å²) < 4.78 is 18.5. The highest BCUT2D eigenvalue weighted by Gasteiger charge is 2.24. The molecule has 0 atom stereocenters. The van der Waals surface area contributed by atoms with Gasteiger partial charge in [-0.15, -0.1) is 0 Å². The molecule has 3 N–H and O–H groups in total. The summed E-state index contributed by atoms with van der Waals surface area (Å²) >= 11 is 3.06. The van der Waals surface area contributed by atoms with Crippen LogP contribution in [0.2, 0.25) is 0 Å². The van der Waals surface area contributed by atoms with Crippen LogP contribution >= 0.6 is 15.9 Å². The third kappa shape index (κ3) is 2.23. The highest BCUT2D eigenvalue weighted by atomic mass is 79.9. The molecule has 84 valence electrons. The van der Waals surface area contributed by atoms with E-state index in [9.17, 15) is 9.50 Å². The van der Waals surface area contributed by atoms with Crippen LogP contribution in [0.5, 0.6) is 11.5 Å². The van der Waals surface area contributed by atoms with Crippen LogP contribution in [0.15, 0.2) is 10.5 Å². The summed E-state index contributed by atoms with van der Waals surface area (Å²) in [5, 5.41) is 9.80. The van der Waals surface area contributed by atoms with E-state index in [1.54, 1.807) is 13.8 Å². The zero-order chi connectivity index (χ0) is 11.8. The molecule has 0 fully saturated rings. The molecule has 1 aromatic rings. The van der Waals surface area contributed by atoms with Crippen LogP contribution in [0.25, 0.3) is 0 Å². The van der Waals surface area contributed by atoms with Crippen LogP contribution in [0, 0.1) is 5.82 Å². The Morgan fingerprint density at radius 3 is 2.47 bits per heavy atom. The van der Waals surface area contributed by atoms with Crippen molar-refractivity contribution in [3.8, 4) is 11.5 Å². The van der Waals surface area contributed by atoms with Gasteiger partial charge in [-0.1, -0.05) is 0 Å². The van der Waals surface area contributed by atoms with Gasteiger partial charge in [0.25, 0.3) is 0 Å². The van der Waals surface area contributed by atoms with Gasteiger partial charge in [0.2, 0.25) is 0 Å². The topological polar surface area (TPSA) is 55.5 Å². The van der Waals surface area contributed by atoms with E-state index in [1.165, 1.54) is 13.2 Å². The van der Waals surface area contributed by atoms with E-state index in [4.69, 9.17) is 10.5 Å². The molecule has 0 aliphatic carbocycles. The molecule has 0 aliphatic rings. The summed E-state index contributed by atoms with van der Waals surface area (Å²) in [6, 6.07) is 1.18. The fourth-order valence-electron chi connectivity index (χ4n) is 1.27. The minimum absolute atomic E-state index is 0.0273. The Morgan fingerprint density at radius 2 is 2.07 bits per heavy atom. The first-order valence-corrected chi connectivity index (χ1v) is 5.12. The number of phenolic OH excluding ortho intramolecular Hbond substituents is 1. The smallest absolute Gasteiger partial charge is 0.172 e. The molecular weight excluding hydrogens is 265 g/mol. The molecule has 0 saturated heterocycles. The molecule has 0 spiro atoms. The van der Waals surface area contributed by atoms with Gasteiger partial charge in [0.1, 0.15) is 10.2 Å². The van der Waals surface area contributed by atoms with Crippen molar-refractivity contribution in [3.05, 3.63) is 21.9 Å². The minimum Gasteiger partial charge on any atom is -0.506 e. The maximum Gasteiger partial charge on any atom is 0.172 e. The van der Waals surface area contributed by atoms with E-state index in [0.29, 0.717) is 5.56 Å². The zero-order valence-corrected chi connectivity index (χ0v) is 10.4. The predicted molar refractivity (Wildman–Crippen MR) is 59.5 cm³/mol. The number of hydrogen-bond acceptors (Lipinski definition) is 3.